The SMILES string of the molecule is CC(=O)N[C@H]1[C@H]([C@@H](O)[C@H](O)CO)O[C@@](Oc2ccc(-c3cn(CC(=O)[O-])nn3)cc2)(C(=O)[O-])C[C@@H]1O.[Na+].[Na+]. The second-order valence-corrected chi connectivity index (χ2v) is 8.16. The van der Waals surface area contributed by atoms with Crippen LogP contribution >= 0.6 is 0 Å². The third-order valence-corrected chi connectivity index (χ3v) is 5.43. The molecule has 3 rings (SSSR count). The Morgan fingerprint density at radius 3 is 2.39 bits per heavy atom. The Bertz CT molecular complexity index is 1100. The summed E-state index contributed by atoms with van der Waals surface area (Å²) in [5, 5.41) is 72.7. The minimum Gasteiger partial charge on any atom is -0.548 e. The quantitative estimate of drug-likeness (QED) is 0.172. The van der Waals surface area contributed by atoms with Gasteiger partial charge in [-0.2, -0.15) is 0 Å². The van der Waals surface area contributed by atoms with E-state index in [1.807, 2.05) is 0 Å². The van der Waals surface area contributed by atoms with Crippen molar-refractivity contribution in [3.8, 4) is 17.0 Å². The van der Waals surface area contributed by atoms with Crippen LogP contribution in [0.3, 0.4) is 0 Å². The van der Waals surface area contributed by atoms with Crippen molar-refractivity contribution in [1.29, 1.82) is 0 Å². The van der Waals surface area contributed by atoms with Gasteiger partial charge >= 0.3 is 59.1 Å². The molecule has 6 atom stereocenters. The number of hydrogen-bond acceptors (Lipinski definition) is 13. The number of ether oxygens (including phenoxy) is 2. The van der Waals surface area contributed by atoms with Crippen molar-refractivity contribution in [2.45, 2.75) is 56.1 Å². The number of nitrogens with zero attached hydrogens (tertiary/aromatic N) is 3. The standard InChI is InChI=1S/C21H26N4O11.2Na/c1-10(27)22-17-14(28)6-21(20(33)34,36-19(17)18(32)15(29)9-26)35-12-4-2-11(3-5-12)13-7-25(24-23-13)8-16(30)31;;/h2-5,7,14-15,17-19,26,28-29,32H,6,8-9H2,1H3,(H,22,27)(H,30,31)(H,33,34);;/q;2*+1/p-2/t14-,15+,17+,18-,19+,21+;;/m0../s1. The van der Waals surface area contributed by atoms with E-state index in [0.29, 0.717) is 11.3 Å². The van der Waals surface area contributed by atoms with Crippen molar-refractivity contribution in [2.24, 2.45) is 0 Å². The van der Waals surface area contributed by atoms with E-state index in [2.05, 4.69) is 15.6 Å². The summed E-state index contributed by atoms with van der Waals surface area (Å²) in [5.41, 5.74) is 0.783. The molecule has 38 heavy (non-hydrogen) atoms. The third-order valence-electron chi connectivity index (χ3n) is 5.43. The number of benzene rings is 1. The van der Waals surface area contributed by atoms with E-state index < -0.39 is 73.7 Å². The van der Waals surface area contributed by atoms with Gasteiger partial charge in [-0.1, -0.05) is 5.21 Å². The Balaban J connectivity index is 0.00000361. The topological polar surface area (TPSA) is 239 Å². The number of carbonyl (C=O) groups excluding carboxylic acids is 3. The maximum absolute atomic E-state index is 12.1. The molecule has 5 N–H and O–H groups in total. The van der Waals surface area contributed by atoms with Gasteiger partial charge in [0, 0.05) is 18.9 Å². The summed E-state index contributed by atoms with van der Waals surface area (Å²) in [4.78, 5) is 34.4. The molecule has 1 aromatic carbocycles. The Labute approximate surface area is 260 Å². The van der Waals surface area contributed by atoms with Gasteiger partial charge in [0.05, 0.1) is 37.5 Å². The van der Waals surface area contributed by atoms with Crippen LogP contribution < -0.4 is 79.4 Å². The molecule has 0 saturated carbocycles. The van der Waals surface area contributed by atoms with E-state index in [1.54, 1.807) is 0 Å². The van der Waals surface area contributed by atoms with Crippen molar-refractivity contribution in [2.75, 3.05) is 6.61 Å². The van der Waals surface area contributed by atoms with Gasteiger partial charge in [-0.15, -0.1) is 5.10 Å². The van der Waals surface area contributed by atoms with Crippen molar-refractivity contribution >= 4 is 17.8 Å². The van der Waals surface area contributed by atoms with E-state index in [1.165, 1.54) is 30.5 Å². The number of aromatic nitrogens is 3. The fourth-order valence-electron chi connectivity index (χ4n) is 3.75. The maximum Gasteiger partial charge on any atom is 1.00 e. The number of aliphatic hydroxyl groups is 4. The van der Waals surface area contributed by atoms with Crippen LogP contribution in [-0.4, -0.2) is 96.1 Å². The average Bonchev–Trinajstić information content (AvgIpc) is 3.27. The molecule has 15 nitrogen and oxygen atoms in total. The molecule has 1 saturated heterocycles. The Kier molecular flexibility index (Phi) is 13.3. The van der Waals surface area contributed by atoms with Gasteiger partial charge in [0.15, 0.2) is 0 Å². The number of carbonyl (C=O) groups is 3. The molecule has 1 aliphatic heterocycles. The molecule has 17 heteroatoms. The van der Waals surface area contributed by atoms with E-state index in [-0.39, 0.29) is 64.9 Å². The van der Waals surface area contributed by atoms with Gasteiger partial charge in [-0.3, -0.25) is 4.79 Å². The molecule has 0 radical (unpaired) electrons. The van der Waals surface area contributed by atoms with Gasteiger partial charge in [0.1, 0.15) is 35.7 Å². The van der Waals surface area contributed by atoms with Gasteiger partial charge in [0.25, 0.3) is 5.79 Å². The fraction of sp³-hybridized carbons (Fsp3) is 0.476. The molecule has 196 valence electrons. The number of aliphatic hydroxyl groups excluding tert-OH is 4. The molecule has 0 bridgehead atoms. The van der Waals surface area contributed by atoms with Crippen LogP contribution in [0.1, 0.15) is 13.3 Å². The van der Waals surface area contributed by atoms with Crippen LogP contribution in [-0.2, 0) is 25.7 Å². The largest absolute Gasteiger partial charge is 1.00 e. The second-order valence-electron chi connectivity index (χ2n) is 8.16. The second kappa shape index (κ2) is 14.7. The van der Waals surface area contributed by atoms with Crippen molar-refractivity contribution < 1.29 is 114 Å². The van der Waals surface area contributed by atoms with Gasteiger partial charge < -0.3 is 55.0 Å². The Morgan fingerprint density at radius 2 is 1.87 bits per heavy atom. The maximum atomic E-state index is 12.1. The molecule has 0 unspecified atom stereocenters. The smallest absolute Gasteiger partial charge is 0.548 e. The summed E-state index contributed by atoms with van der Waals surface area (Å²) in [6.45, 7) is -0.300. The van der Waals surface area contributed by atoms with Crippen molar-refractivity contribution in [3.05, 3.63) is 30.5 Å². The summed E-state index contributed by atoms with van der Waals surface area (Å²) in [6, 6.07) is 4.25. The first-order valence-electron chi connectivity index (χ1n) is 10.7. The van der Waals surface area contributed by atoms with E-state index in [4.69, 9.17) is 9.47 Å². The van der Waals surface area contributed by atoms with E-state index in [9.17, 15) is 45.0 Å². The van der Waals surface area contributed by atoms with Crippen LogP contribution in [0.4, 0.5) is 0 Å². The molecule has 1 fully saturated rings. The number of aliphatic carboxylic acids is 2. The predicted molar refractivity (Wildman–Crippen MR) is 111 cm³/mol. The monoisotopic (exact) mass is 554 g/mol. The van der Waals surface area contributed by atoms with Crippen LogP contribution in [0.5, 0.6) is 5.75 Å². The zero-order chi connectivity index (χ0) is 26.6. The van der Waals surface area contributed by atoms with Crippen molar-refractivity contribution in [3.63, 3.8) is 0 Å². The van der Waals surface area contributed by atoms with Crippen molar-refractivity contribution in [1.82, 2.24) is 20.3 Å². The molecular weight excluding hydrogens is 530 g/mol. The number of nitrogens with one attached hydrogen (secondary N) is 1. The minimum atomic E-state index is -2.64. The Morgan fingerprint density at radius 1 is 1.24 bits per heavy atom. The van der Waals surface area contributed by atoms with Gasteiger partial charge in [-0.25, -0.2) is 4.68 Å². The molecule has 0 spiro atoms. The molecule has 1 aliphatic rings. The molecule has 2 aromatic rings. The summed E-state index contributed by atoms with van der Waals surface area (Å²) in [7, 11) is 0. The average molecular weight is 554 g/mol. The van der Waals surface area contributed by atoms with Crippen LogP contribution in [0.15, 0.2) is 30.5 Å². The van der Waals surface area contributed by atoms with E-state index >= 15 is 0 Å². The van der Waals surface area contributed by atoms with Gasteiger partial charge in [-0.05, 0) is 24.3 Å². The first-order chi connectivity index (χ1) is 17.0. The van der Waals surface area contributed by atoms with Crippen LogP contribution in [0, 0.1) is 0 Å². The minimum absolute atomic E-state index is 0. The predicted octanol–water partition coefficient (Wildman–Crippen LogP) is -11.1. The molecule has 2 heterocycles. The van der Waals surface area contributed by atoms with Crippen LogP contribution in [0.2, 0.25) is 0 Å². The van der Waals surface area contributed by atoms with E-state index in [0.717, 1.165) is 11.6 Å². The van der Waals surface area contributed by atoms with Crippen LogP contribution in [0.25, 0.3) is 11.3 Å². The fourth-order valence-corrected chi connectivity index (χ4v) is 3.75. The Hall–Kier alpha value is -1.63. The van der Waals surface area contributed by atoms with Gasteiger partial charge in [0.2, 0.25) is 5.91 Å². The third kappa shape index (κ3) is 8.19. The summed E-state index contributed by atoms with van der Waals surface area (Å²) in [6.07, 6.45) is -6.41. The summed E-state index contributed by atoms with van der Waals surface area (Å²) in [5.74, 6) is -6.60. The number of rotatable bonds is 10. The number of carboxylic acids is 2. The zero-order valence-electron chi connectivity index (χ0n) is 20.9. The normalized spacial score (nSPS) is 24.2. The zero-order valence-corrected chi connectivity index (χ0v) is 24.9. The number of hydrogen-bond donors (Lipinski definition) is 5. The molecule has 1 amide bonds. The summed E-state index contributed by atoms with van der Waals surface area (Å²) < 4.78 is 12.1. The molecule has 0 aliphatic carbocycles. The summed E-state index contributed by atoms with van der Waals surface area (Å²) >= 11 is 0. The first-order valence-corrected chi connectivity index (χ1v) is 10.7. The molecular formula is C21H24N4Na2O11. The number of amides is 1. The molecule has 1 aromatic heterocycles. The first kappa shape index (κ1) is 34.4. The number of carboxylic acid groups (broad SMARTS) is 2.